The number of halogens is 1. The van der Waals surface area contributed by atoms with Crippen LogP contribution in [0.3, 0.4) is 0 Å². The molecule has 0 aliphatic carbocycles. The molecule has 1 aliphatic rings. The lowest BCUT2D eigenvalue weighted by Gasteiger charge is -2.28. The highest BCUT2D eigenvalue weighted by Crippen LogP contribution is 2.33. The Kier molecular flexibility index (Phi) is 10.4. The fourth-order valence-corrected chi connectivity index (χ4v) is 4.09. The summed E-state index contributed by atoms with van der Waals surface area (Å²) < 4.78 is 31.0. The van der Waals surface area contributed by atoms with Gasteiger partial charge >= 0.3 is 5.97 Å². The number of aliphatic hydroxyl groups excluding tert-OH is 1. The molecule has 0 unspecified atom stereocenters. The van der Waals surface area contributed by atoms with Gasteiger partial charge in [0.25, 0.3) is 5.91 Å². The third kappa shape index (κ3) is 8.49. The van der Waals surface area contributed by atoms with E-state index in [0.29, 0.717) is 42.9 Å². The average Bonchev–Trinajstić information content (AvgIpc) is 3.23. The molecule has 0 saturated heterocycles. The molecule has 2 aromatic rings. The van der Waals surface area contributed by atoms with Crippen molar-refractivity contribution < 1.29 is 33.3 Å². The Hall–Kier alpha value is -3.50. The van der Waals surface area contributed by atoms with E-state index in [9.17, 15) is 14.0 Å². The molecule has 10 heteroatoms. The normalized spacial score (nSPS) is 18.7. The summed E-state index contributed by atoms with van der Waals surface area (Å²) in [4.78, 5) is 30.7. The molecule has 1 aliphatic heterocycles. The number of rotatable bonds is 13. The van der Waals surface area contributed by atoms with Crippen molar-refractivity contribution in [2.45, 2.75) is 70.6 Å². The van der Waals surface area contributed by atoms with Crippen LogP contribution in [0.15, 0.2) is 53.5 Å². The molecule has 0 bridgehead atoms. The fraction of sp³-hybridized carbons (Fsp3) is 0.483. The number of esters is 1. The number of hydrogen-bond donors (Lipinski definition) is 3. The number of benzene rings is 2. The van der Waals surface area contributed by atoms with Crippen molar-refractivity contribution in [1.29, 1.82) is 0 Å². The maximum Gasteiger partial charge on any atom is 0.306 e. The second-order valence-electron chi connectivity index (χ2n) is 10.4. The molecule has 9 nitrogen and oxygen atoms in total. The summed E-state index contributed by atoms with van der Waals surface area (Å²) in [7, 11) is 0. The van der Waals surface area contributed by atoms with Crippen LogP contribution < -0.4 is 15.6 Å². The molecule has 1 amide bonds. The molecule has 212 valence electrons. The van der Waals surface area contributed by atoms with Crippen LogP contribution in [-0.4, -0.2) is 59.9 Å². The summed E-state index contributed by atoms with van der Waals surface area (Å²) in [6.45, 7) is 7.80. The number of hydrazine groups is 1. The first-order chi connectivity index (χ1) is 18.5. The predicted octanol–water partition coefficient (Wildman–Crippen LogP) is 3.48. The van der Waals surface area contributed by atoms with E-state index in [2.05, 4.69) is 10.9 Å². The highest BCUT2D eigenvalue weighted by molar-refractivity contribution is 6.00. The quantitative estimate of drug-likeness (QED) is 0.201. The Morgan fingerprint density at radius 1 is 1.15 bits per heavy atom. The van der Waals surface area contributed by atoms with Gasteiger partial charge in [0.1, 0.15) is 23.3 Å². The van der Waals surface area contributed by atoms with Gasteiger partial charge in [0.2, 0.25) is 5.90 Å². The summed E-state index contributed by atoms with van der Waals surface area (Å²) in [5.41, 5.74) is 4.65. The molecule has 0 fully saturated rings. The van der Waals surface area contributed by atoms with E-state index in [0.717, 1.165) is 0 Å². The molecule has 2 atom stereocenters. The number of aliphatic imine (C=N–C) groups is 1. The summed E-state index contributed by atoms with van der Waals surface area (Å²) >= 11 is 0. The Bertz CT molecular complexity index is 1150. The van der Waals surface area contributed by atoms with Gasteiger partial charge in [0.05, 0.1) is 6.61 Å². The highest BCUT2D eigenvalue weighted by atomic mass is 19.1. The summed E-state index contributed by atoms with van der Waals surface area (Å²) in [5, 5.41) is 8.92. The smallest absolute Gasteiger partial charge is 0.306 e. The number of nitrogens with zero attached hydrogens (tertiary/aromatic N) is 1. The van der Waals surface area contributed by atoms with E-state index in [1.54, 1.807) is 70.2 Å². The van der Waals surface area contributed by atoms with Gasteiger partial charge in [-0.1, -0.05) is 18.2 Å². The van der Waals surface area contributed by atoms with Crippen molar-refractivity contribution >= 4 is 17.8 Å². The largest absolute Gasteiger partial charge is 0.494 e. The standard InChI is InChI=1S/C29H38FN3O6/c1-20-29(16-14-25(35)39-28(2,3)4,27(36)33-31-17-15-21-8-5-6-9-24(21)30)32-26(38-20)22-10-12-23(13-11-22)37-19-7-18-34/h5-6,8-13,20,31,34H,7,14-19H2,1-4H3,(H,33,36)/t20-,29-/m0/s1. The van der Waals surface area contributed by atoms with Crippen LogP contribution in [0.5, 0.6) is 5.75 Å². The summed E-state index contributed by atoms with van der Waals surface area (Å²) in [6, 6.07) is 13.5. The first kappa shape index (κ1) is 30.0. The third-order valence-corrected chi connectivity index (χ3v) is 6.14. The number of carbonyl (C=O) groups excluding carboxylic acids is 2. The lowest BCUT2D eigenvalue weighted by atomic mass is 9.88. The second kappa shape index (κ2) is 13.5. The monoisotopic (exact) mass is 543 g/mol. The van der Waals surface area contributed by atoms with Gasteiger partial charge in [0, 0.05) is 31.6 Å². The van der Waals surface area contributed by atoms with Crippen molar-refractivity contribution in [2.24, 2.45) is 4.99 Å². The molecule has 2 aromatic carbocycles. The molecule has 39 heavy (non-hydrogen) atoms. The first-order valence-corrected chi connectivity index (χ1v) is 13.1. The van der Waals surface area contributed by atoms with Crippen LogP contribution in [0.4, 0.5) is 4.39 Å². The summed E-state index contributed by atoms with van der Waals surface area (Å²) in [5.74, 6) is -0.313. The first-order valence-electron chi connectivity index (χ1n) is 13.1. The lowest BCUT2D eigenvalue weighted by molar-refractivity contribution is -0.155. The zero-order chi connectivity index (χ0) is 28.5. The highest BCUT2D eigenvalue weighted by Gasteiger charge is 2.50. The fourth-order valence-electron chi connectivity index (χ4n) is 4.09. The van der Waals surface area contributed by atoms with Crippen LogP contribution >= 0.6 is 0 Å². The molecule has 0 aromatic heterocycles. The number of hydrogen-bond acceptors (Lipinski definition) is 8. The number of ether oxygens (including phenoxy) is 3. The lowest BCUT2D eigenvalue weighted by Crippen LogP contribution is -2.55. The zero-order valence-electron chi connectivity index (χ0n) is 23.0. The molecular weight excluding hydrogens is 505 g/mol. The molecule has 3 N–H and O–H groups in total. The van der Waals surface area contributed by atoms with Crippen LogP contribution in [0.25, 0.3) is 0 Å². The van der Waals surface area contributed by atoms with E-state index in [4.69, 9.17) is 24.3 Å². The van der Waals surface area contributed by atoms with Crippen molar-refractivity contribution in [3.63, 3.8) is 0 Å². The van der Waals surface area contributed by atoms with E-state index < -0.39 is 29.1 Å². The predicted molar refractivity (Wildman–Crippen MR) is 145 cm³/mol. The minimum absolute atomic E-state index is 0.0397. The maximum absolute atomic E-state index is 13.9. The second-order valence-corrected chi connectivity index (χ2v) is 10.4. The zero-order valence-corrected chi connectivity index (χ0v) is 23.0. The SMILES string of the molecule is C[C@@H]1OC(c2ccc(OCCCO)cc2)=N[C@]1(CCC(=O)OC(C)(C)C)C(=O)NNCCc1ccccc1F. The van der Waals surface area contributed by atoms with E-state index >= 15 is 0 Å². The average molecular weight is 544 g/mol. The number of carbonyl (C=O) groups is 2. The van der Waals surface area contributed by atoms with Crippen molar-refractivity contribution in [1.82, 2.24) is 10.9 Å². The Labute approximate surface area is 228 Å². The summed E-state index contributed by atoms with van der Waals surface area (Å²) in [6.07, 6.45) is 0.241. The van der Waals surface area contributed by atoms with Gasteiger partial charge in [0.15, 0.2) is 5.54 Å². The van der Waals surface area contributed by atoms with Crippen LogP contribution in [0, 0.1) is 5.82 Å². The molecule has 0 saturated carbocycles. The van der Waals surface area contributed by atoms with Crippen LogP contribution in [-0.2, 0) is 25.5 Å². The van der Waals surface area contributed by atoms with Gasteiger partial charge < -0.3 is 19.3 Å². The van der Waals surface area contributed by atoms with Gasteiger partial charge in [-0.25, -0.2) is 14.8 Å². The molecule has 0 radical (unpaired) electrons. The van der Waals surface area contributed by atoms with Crippen molar-refractivity contribution in [2.75, 3.05) is 19.8 Å². The van der Waals surface area contributed by atoms with E-state index in [1.165, 1.54) is 6.07 Å². The minimum Gasteiger partial charge on any atom is -0.494 e. The molecule has 3 rings (SSSR count). The molecular formula is C29H38FN3O6. The number of amides is 1. The van der Waals surface area contributed by atoms with Gasteiger partial charge in [-0.2, -0.15) is 0 Å². The van der Waals surface area contributed by atoms with Crippen LogP contribution in [0.2, 0.25) is 0 Å². The molecule has 0 spiro atoms. The van der Waals surface area contributed by atoms with E-state index in [-0.39, 0.29) is 31.2 Å². The topological polar surface area (TPSA) is 118 Å². The Morgan fingerprint density at radius 3 is 2.54 bits per heavy atom. The van der Waals surface area contributed by atoms with Crippen molar-refractivity contribution in [3.8, 4) is 5.75 Å². The third-order valence-electron chi connectivity index (χ3n) is 6.14. The molecule has 1 heterocycles. The van der Waals surface area contributed by atoms with Crippen molar-refractivity contribution in [3.05, 3.63) is 65.5 Å². The van der Waals surface area contributed by atoms with Gasteiger partial charge in [-0.15, -0.1) is 0 Å². The number of nitrogens with one attached hydrogen (secondary N) is 2. The maximum atomic E-state index is 13.9. The number of aliphatic hydroxyl groups is 1. The Morgan fingerprint density at radius 2 is 1.87 bits per heavy atom. The Balaban J connectivity index is 1.74. The minimum atomic E-state index is -1.40. The van der Waals surface area contributed by atoms with Gasteiger partial charge in [-0.3, -0.25) is 15.0 Å². The van der Waals surface area contributed by atoms with Gasteiger partial charge in [-0.05, 0) is 76.4 Å². The van der Waals surface area contributed by atoms with Crippen LogP contribution in [0.1, 0.15) is 58.1 Å². The van der Waals surface area contributed by atoms with E-state index in [1.807, 2.05) is 0 Å².